The summed E-state index contributed by atoms with van der Waals surface area (Å²) in [5.41, 5.74) is 6.39. The number of benzene rings is 2. The number of fused-ring (bicyclic) bond motifs is 1. The summed E-state index contributed by atoms with van der Waals surface area (Å²) in [5.74, 6) is 2.00. The second-order valence-electron chi connectivity index (χ2n) is 10.2. The monoisotopic (exact) mass is 498 g/mol. The van der Waals surface area contributed by atoms with Crippen LogP contribution in [0.3, 0.4) is 0 Å². The number of aryl methyl sites for hydroxylation is 1. The molecule has 4 aromatic rings. The zero-order valence-corrected chi connectivity index (χ0v) is 22.1. The number of hydrogen-bond acceptors (Lipinski definition) is 4. The maximum atomic E-state index is 12.9. The Morgan fingerprint density at radius 1 is 1.08 bits per heavy atom. The van der Waals surface area contributed by atoms with Crippen molar-refractivity contribution in [3.8, 4) is 0 Å². The van der Waals surface area contributed by atoms with E-state index in [1.54, 1.807) is 18.0 Å². The van der Waals surface area contributed by atoms with Gasteiger partial charge in [0.1, 0.15) is 0 Å². The van der Waals surface area contributed by atoms with E-state index in [-0.39, 0.29) is 11.9 Å². The number of imidazole rings is 1. The van der Waals surface area contributed by atoms with Crippen LogP contribution in [0.4, 0.5) is 0 Å². The molecule has 1 aliphatic rings. The molecule has 3 atom stereocenters. The molecule has 0 unspecified atom stereocenters. The molecule has 1 fully saturated rings. The first-order valence-electron chi connectivity index (χ1n) is 12.9. The van der Waals surface area contributed by atoms with Crippen LogP contribution in [0.1, 0.15) is 60.2 Å². The molecule has 1 aliphatic carbocycles. The lowest BCUT2D eigenvalue weighted by atomic mass is 9.78. The van der Waals surface area contributed by atoms with Crippen LogP contribution in [0.5, 0.6) is 0 Å². The number of nitrogens with one attached hydrogen (secondary N) is 1. The fourth-order valence-corrected chi connectivity index (χ4v) is 6.11. The topological polar surface area (TPSA) is 59.8 Å². The third-order valence-electron chi connectivity index (χ3n) is 7.55. The van der Waals surface area contributed by atoms with E-state index in [1.807, 2.05) is 24.4 Å². The van der Waals surface area contributed by atoms with Gasteiger partial charge in [-0.2, -0.15) is 0 Å². The summed E-state index contributed by atoms with van der Waals surface area (Å²) < 4.78 is 2.25. The van der Waals surface area contributed by atoms with Crippen molar-refractivity contribution in [2.45, 2.75) is 63.5 Å². The molecule has 36 heavy (non-hydrogen) atoms. The number of rotatable bonds is 7. The Bertz CT molecular complexity index is 1350. The first kappa shape index (κ1) is 24.6. The van der Waals surface area contributed by atoms with Crippen LogP contribution < -0.4 is 5.32 Å². The Kier molecular flexibility index (Phi) is 7.42. The number of nitrogens with zero attached hydrogens (tertiary/aromatic N) is 3. The number of carbonyl (C=O) groups excluding carboxylic acids is 1. The van der Waals surface area contributed by atoms with Gasteiger partial charge >= 0.3 is 0 Å². The molecule has 0 spiro atoms. The van der Waals surface area contributed by atoms with Crippen LogP contribution in [0.15, 0.2) is 72.1 Å². The molecule has 0 radical (unpaired) electrons. The summed E-state index contributed by atoms with van der Waals surface area (Å²) in [6.07, 6.45) is 7.21. The van der Waals surface area contributed by atoms with Gasteiger partial charge in [0.15, 0.2) is 5.16 Å². The molecular formula is C30H34N4OS. The van der Waals surface area contributed by atoms with Crippen LogP contribution in [-0.2, 0) is 12.3 Å². The molecule has 1 amide bonds. The number of aromatic nitrogens is 3. The van der Waals surface area contributed by atoms with E-state index in [4.69, 9.17) is 4.98 Å². The third kappa shape index (κ3) is 5.49. The minimum atomic E-state index is 0.0348. The van der Waals surface area contributed by atoms with Crippen molar-refractivity contribution < 1.29 is 4.79 Å². The molecule has 0 aliphatic heterocycles. The summed E-state index contributed by atoms with van der Waals surface area (Å²) in [7, 11) is 0. The first-order valence-corrected chi connectivity index (χ1v) is 13.8. The van der Waals surface area contributed by atoms with Gasteiger partial charge in [-0.1, -0.05) is 80.4 Å². The SMILES string of the molecule is Cc1cccc(Cn2c(SCc3ccc(C(=O)N[C@@H]4CCC[C@@H](C)[C@@H]4C)cc3)nc3ccncc32)c1. The Balaban J connectivity index is 1.27. The van der Waals surface area contributed by atoms with Gasteiger partial charge in [-0.15, -0.1) is 0 Å². The van der Waals surface area contributed by atoms with Crippen LogP contribution >= 0.6 is 11.8 Å². The number of hydrogen-bond donors (Lipinski definition) is 1. The average Bonchev–Trinajstić information content (AvgIpc) is 3.23. The third-order valence-corrected chi connectivity index (χ3v) is 8.59. The first-order chi connectivity index (χ1) is 17.5. The lowest BCUT2D eigenvalue weighted by Gasteiger charge is -2.34. The quantitative estimate of drug-likeness (QED) is 0.290. The number of thioether (sulfide) groups is 1. The molecule has 5 nitrogen and oxygen atoms in total. The summed E-state index contributed by atoms with van der Waals surface area (Å²) in [5, 5.41) is 4.25. The Hall–Kier alpha value is -3.12. The zero-order chi connectivity index (χ0) is 25.1. The Morgan fingerprint density at radius 2 is 1.92 bits per heavy atom. The van der Waals surface area contributed by atoms with E-state index in [0.717, 1.165) is 40.5 Å². The fourth-order valence-electron chi connectivity index (χ4n) is 5.14. The zero-order valence-electron chi connectivity index (χ0n) is 21.3. The smallest absolute Gasteiger partial charge is 0.251 e. The van der Waals surface area contributed by atoms with Crippen LogP contribution in [0.25, 0.3) is 11.0 Å². The Labute approximate surface area is 217 Å². The van der Waals surface area contributed by atoms with Crippen molar-refractivity contribution in [2.24, 2.45) is 11.8 Å². The van der Waals surface area contributed by atoms with Crippen molar-refractivity contribution in [3.05, 3.63) is 89.2 Å². The highest BCUT2D eigenvalue weighted by atomic mass is 32.2. The Morgan fingerprint density at radius 3 is 2.72 bits per heavy atom. The molecule has 0 saturated heterocycles. The highest BCUT2D eigenvalue weighted by Crippen LogP contribution is 2.30. The highest BCUT2D eigenvalue weighted by Gasteiger charge is 2.28. The van der Waals surface area contributed by atoms with Gasteiger partial charge in [-0.05, 0) is 54.5 Å². The number of pyridine rings is 1. The second kappa shape index (κ2) is 10.9. The second-order valence-corrected chi connectivity index (χ2v) is 11.1. The van der Waals surface area contributed by atoms with Crippen molar-refractivity contribution in [1.82, 2.24) is 19.9 Å². The molecule has 1 saturated carbocycles. The molecular weight excluding hydrogens is 464 g/mol. The molecule has 6 heteroatoms. The van der Waals surface area contributed by atoms with Crippen molar-refractivity contribution in [3.63, 3.8) is 0 Å². The molecule has 2 aromatic carbocycles. The van der Waals surface area contributed by atoms with E-state index in [1.165, 1.54) is 29.5 Å². The predicted molar refractivity (Wildman–Crippen MR) is 147 cm³/mol. The molecule has 2 aromatic heterocycles. The molecule has 5 rings (SSSR count). The van der Waals surface area contributed by atoms with Gasteiger partial charge in [-0.25, -0.2) is 4.98 Å². The summed E-state index contributed by atoms with van der Waals surface area (Å²) in [6, 6.07) is 18.8. The van der Waals surface area contributed by atoms with Gasteiger partial charge in [0.25, 0.3) is 5.91 Å². The van der Waals surface area contributed by atoms with Crippen molar-refractivity contribution >= 4 is 28.7 Å². The molecule has 186 valence electrons. The summed E-state index contributed by atoms with van der Waals surface area (Å²) in [6.45, 7) is 7.43. The van der Waals surface area contributed by atoms with E-state index < -0.39 is 0 Å². The van der Waals surface area contributed by atoms with Gasteiger partial charge in [0.2, 0.25) is 0 Å². The number of amides is 1. The average molecular weight is 499 g/mol. The maximum Gasteiger partial charge on any atom is 0.251 e. The predicted octanol–water partition coefficient (Wildman–Crippen LogP) is 6.63. The molecule has 0 bridgehead atoms. The number of carbonyl (C=O) groups is 1. The largest absolute Gasteiger partial charge is 0.349 e. The van der Waals surface area contributed by atoms with Crippen LogP contribution in [-0.4, -0.2) is 26.5 Å². The molecule has 1 N–H and O–H groups in total. The van der Waals surface area contributed by atoms with Crippen LogP contribution in [0.2, 0.25) is 0 Å². The maximum absolute atomic E-state index is 12.9. The van der Waals surface area contributed by atoms with E-state index >= 15 is 0 Å². The summed E-state index contributed by atoms with van der Waals surface area (Å²) in [4.78, 5) is 22.1. The van der Waals surface area contributed by atoms with Crippen LogP contribution in [0, 0.1) is 18.8 Å². The highest BCUT2D eigenvalue weighted by molar-refractivity contribution is 7.98. The normalized spacial score (nSPS) is 19.9. The fraction of sp³-hybridized carbons (Fsp3) is 0.367. The molecule has 2 heterocycles. The van der Waals surface area contributed by atoms with Crippen molar-refractivity contribution in [2.75, 3.05) is 0 Å². The van der Waals surface area contributed by atoms with Gasteiger partial charge < -0.3 is 9.88 Å². The van der Waals surface area contributed by atoms with E-state index in [9.17, 15) is 4.79 Å². The van der Waals surface area contributed by atoms with Crippen molar-refractivity contribution in [1.29, 1.82) is 0 Å². The lowest BCUT2D eigenvalue weighted by Crippen LogP contribution is -2.43. The minimum absolute atomic E-state index is 0.0348. The standard InChI is InChI=1S/C30H34N4OS/c1-20-6-4-8-24(16-20)18-34-28-17-31-15-14-27(28)33-30(34)36-19-23-10-12-25(13-11-23)29(35)32-26-9-5-7-21(2)22(26)3/h4,6,8,10-17,21-22,26H,5,7,9,18-19H2,1-3H3,(H,32,35)/t21-,22+,26-/m1/s1. The van der Waals surface area contributed by atoms with Gasteiger partial charge in [0, 0.05) is 23.6 Å². The minimum Gasteiger partial charge on any atom is -0.349 e. The summed E-state index contributed by atoms with van der Waals surface area (Å²) >= 11 is 1.72. The van der Waals surface area contributed by atoms with Gasteiger partial charge in [-0.3, -0.25) is 9.78 Å². The lowest BCUT2D eigenvalue weighted by molar-refractivity contribution is 0.0891. The van der Waals surface area contributed by atoms with E-state index in [0.29, 0.717) is 11.8 Å². The van der Waals surface area contributed by atoms with Gasteiger partial charge in [0.05, 0.1) is 23.8 Å². The van der Waals surface area contributed by atoms with E-state index in [2.05, 4.69) is 72.0 Å².